The average Bonchev–Trinajstić information content (AvgIpc) is 2.30. The van der Waals surface area contributed by atoms with Gasteiger partial charge in [0, 0.05) is 6.54 Å². The molecule has 0 atom stereocenters. The van der Waals surface area contributed by atoms with Crippen LogP contribution in [0.3, 0.4) is 0 Å². The minimum Gasteiger partial charge on any atom is -0.354 e. The molecule has 17 heavy (non-hydrogen) atoms. The van der Waals surface area contributed by atoms with Crippen LogP contribution in [0.4, 0.5) is 0 Å². The molecule has 0 radical (unpaired) electrons. The van der Waals surface area contributed by atoms with E-state index in [1.54, 1.807) is 6.07 Å². The van der Waals surface area contributed by atoms with E-state index in [1.807, 2.05) is 13.8 Å². The number of nitriles is 1. The number of rotatable bonds is 5. The Kier molecular flexibility index (Phi) is 7.10. The minimum atomic E-state index is -0.931. The Bertz CT molecular complexity index is 333. The second kappa shape index (κ2) is 8.10. The molecule has 7 heteroatoms. The normalized spacial score (nSPS) is 9.29. The van der Waals surface area contributed by atoms with Crippen LogP contribution in [0.5, 0.6) is 0 Å². The van der Waals surface area contributed by atoms with Gasteiger partial charge < -0.3 is 16.0 Å². The van der Waals surface area contributed by atoms with Gasteiger partial charge in [-0.05, 0) is 5.92 Å². The van der Waals surface area contributed by atoms with E-state index in [-0.39, 0.29) is 19.0 Å². The molecule has 0 aromatic rings. The predicted octanol–water partition coefficient (Wildman–Crippen LogP) is -1.49. The number of nitrogens with one attached hydrogen (secondary N) is 3. The zero-order valence-electron chi connectivity index (χ0n) is 9.87. The Labute approximate surface area is 99.6 Å². The topological polar surface area (TPSA) is 111 Å². The Balaban J connectivity index is 3.80. The van der Waals surface area contributed by atoms with Crippen LogP contribution < -0.4 is 16.0 Å². The lowest BCUT2D eigenvalue weighted by Gasteiger charge is -2.08. The molecule has 0 aliphatic heterocycles. The molecule has 0 bridgehead atoms. The number of hydrogen-bond donors (Lipinski definition) is 3. The minimum absolute atomic E-state index is 0.244. The molecule has 0 aliphatic rings. The molecule has 0 unspecified atom stereocenters. The molecular weight excluding hydrogens is 224 g/mol. The average molecular weight is 240 g/mol. The van der Waals surface area contributed by atoms with Gasteiger partial charge in [-0.15, -0.1) is 0 Å². The Morgan fingerprint density at radius 1 is 1.12 bits per heavy atom. The third kappa shape index (κ3) is 7.79. The van der Waals surface area contributed by atoms with E-state index >= 15 is 0 Å². The lowest BCUT2D eigenvalue weighted by atomic mass is 10.2. The Hall–Kier alpha value is -2.10. The predicted molar refractivity (Wildman–Crippen MR) is 59.5 cm³/mol. The maximum Gasteiger partial charge on any atom is 0.310 e. The largest absolute Gasteiger partial charge is 0.354 e. The van der Waals surface area contributed by atoms with E-state index in [1.165, 1.54) is 0 Å². The second-order valence-electron chi connectivity index (χ2n) is 3.72. The van der Waals surface area contributed by atoms with Gasteiger partial charge in [-0.2, -0.15) is 5.26 Å². The molecule has 94 valence electrons. The molecule has 0 spiro atoms. The van der Waals surface area contributed by atoms with Gasteiger partial charge in [0.15, 0.2) is 0 Å². The van der Waals surface area contributed by atoms with Crippen molar-refractivity contribution in [2.24, 2.45) is 5.92 Å². The standard InChI is InChI=1S/C10H16N4O3/c1-7(2)5-13-8(15)6-14-10(17)9(16)12-4-3-11/h7H,4-6H2,1-2H3,(H,12,16)(H,13,15)(H,14,17). The smallest absolute Gasteiger partial charge is 0.310 e. The molecule has 3 amide bonds. The zero-order valence-corrected chi connectivity index (χ0v) is 9.87. The van der Waals surface area contributed by atoms with Gasteiger partial charge in [-0.1, -0.05) is 13.8 Å². The van der Waals surface area contributed by atoms with Crippen LogP contribution in [0.1, 0.15) is 13.8 Å². The van der Waals surface area contributed by atoms with Crippen molar-refractivity contribution in [2.45, 2.75) is 13.8 Å². The van der Waals surface area contributed by atoms with E-state index in [0.717, 1.165) is 0 Å². The first-order valence-corrected chi connectivity index (χ1v) is 5.17. The fraction of sp³-hybridized carbons (Fsp3) is 0.600. The van der Waals surface area contributed by atoms with Crippen LogP contribution in [0.25, 0.3) is 0 Å². The Morgan fingerprint density at radius 2 is 1.71 bits per heavy atom. The van der Waals surface area contributed by atoms with E-state index in [4.69, 9.17) is 5.26 Å². The van der Waals surface area contributed by atoms with Crippen LogP contribution in [-0.2, 0) is 14.4 Å². The van der Waals surface area contributed by atoms with Gasteiger partial charge >= 0.3 is 11.8 Å². The second-order valence-corrected chi connectivity index (χ2v) is 3.72. The van der Waals surface area contributed by atoms with Crippen LogP contribution in [0.2, 0.25) is 0 Å². The number of carbonyl (C=O) groups is 3. The van der Waals surface area contributed by atoms with E-state index < -0.39 is 11.8 Å². The van der Waals surface area contributed by atoms with Gasteiger partial charge in [-0.3, -0.25) is 14.4 Å². The van der Waals surface area contributed by atoms with Crippen molar-refractivity contribution < 1.29 is 14.4 Å². The van der Waals surface area contributed by atoms with Crippen molar-refractivity contribution in [1.29, 1.82) is 5.26 Å². The molecular formula is C10H16N4O3. The molecule has 0 saturated carbocycles. The highest BCUT2D eigenvalue weighted by Gasteiger charge is 2.13. The zero-order chi connectivity index (χ0) is 13.3. The molecule has 0 heterocycles. The summed E-state index contributed by atoms with van der Waals surface area (Å²) in [5.41, 5.74) is 0. The van der Waals surface area contributed by atoms with Gasteiger partial charge in [0.1, 0.15) is 6.54 Å². The highest BCUT2D eigenvalue weighted by Crippen LogP contribution is 1.86. The molecule has 0 aromatic heterocycles. The molecule has 3 N–H and O–H groups in total. The van der Waals surface area contributed by atoms with Crippen LogP contribution in [-0.4, -0.2) is 37.4 Å². The summed E-state index contributed by atoms with van der Waals surface area (Å²) >= 11 is 0. The van der Waals surface area contributed by atoms with Crippen molar-refractivity contribution >= 4 is 17.7 Å². The third-order valence-electron chi connectivity index (χ3n) is 1.65. The number of hydrogen-bond acceptors (Lipinski definition) is 4. The summed E-state index contributed by atoms with van der Waals surface area (Å²) < 4.78 is 0. The van der Waals surface area contributed by atoms with Crippen LogP contribution in [0, 0.1) is 17.2 Å². The summed E-state index contributed by atoms with van der Waals surface area (Å²) in [6, 6.07) is 1.66. The molecule has 7 nitrogen and oxygen atoms in total. The monoisotopic (exact) mass is 240 g/mol. The van der Waals surface area contributed by atoms with E-state index in [2.05, 4.69) is 16.0 Å². The fourth-order valence-corrected chi connectivity index (χ4v) is 0.821. The van der Waals surface area contributed by atoms with Crippen molar-refractivity contribution in [3.63, 3.8) is 0 Å². The summed E-state index contributed by atoms with van der Waals surface area (Å²) in [6.07, 6.45) is 0. The van der Waals surface area contributed by atoms with Crippen molar-refractivity contribution in [3.8, 4) is 6.07 Å². The maximum absolute atomic E-state index is 11.2. The summed E-state index contributed by atoms with van der Waals surface area (Å²) in [7, 11) is 0. The van der Waals surface area contributed by atoms with Crippen molar-refractivity contribution in [1.82, 2.24) is 16.0 Å². The number of carbonyl (C=O) groups excluding carboxylic acids is 3. The van der Waals surface area contributed by atoms with Gasteiger partial charge in [0.2, 0.25) is 5.91 Å². The summed E-state index contributed by atoms with van der Waals surface area (Å²) in [4.78, 5) is 33.2. The third-order valence-corrected chi connectivity index (χ3v) is 1.65. The highest BCUT2D eigenvalue weighted by molar-refractivity contribution is 6.35. The lowest BCUT2D eigenvalue weighted by Crippen LogP contribution is -2.44. The molecule has 0 aliphatic carbocycles. The van der Waals surface area contributed by atoms with Gasteiger partial charge in [0.05, 0.1) is 12.6 Å². The maximum atomic E-state index is 11.2. The molecule has 0 saturated heterocycles. The molecule has 0 aromatic carbocycles. The Morgan fingerprint density at radius 3 is 2.24 bits per heavy atom. The summed E-state index contributed by atoms with van der Waals surface area (Å²) in [6.45, 7) is 3.88. The number of nitrogens with zero attached hydrogens (tertiary/aromatic N) is 1. The molecule has 0 fully saturated rings. The van der Waals surface area contributed by atoms with Crippen molar-refractivity contribution in [2.75, 3.05) is 19.6 Å². The first-order valence-electron chi connectivity index (χ1n) is 5.17. The van der Waals surface area contributed by atoms with Crippen molar-refractivity contribution in [3.05, 3.63) is 0 Å². The number of amides is 3. The van der Waals surface area contributed by atoms with Crippen LogP contribution in [0.15, 0.2) is 0 Å². The summed E-state index contributed by atoms with van der Waals surface area (Å²) in [5, 5.41) is 15.0. The van der Waals surface area contributed by atoms with E-state index in [9.17, 15) is 14.4 Å². The van der Waals surface area contributed by atoms with E-state index in [0.29, 0.717) is 12.5 Å². The lowest BCUT2D eigenvalue weighted by molar-refractivity contribution is -0.139. The first kappa shape index (κ1) is 14.9. The first-order chi connectivity index (χ1) is 7.97. The molecule has 0 rings (SSSR count). The van der Waals surface area contributed by atoms with Gasteiger partial charge in [0.25, 0.3) is 0 Å². The van der Waals surface area contributed by atoms with Crippen LogP contribution >= 0.6 is 0 Å². The SMILES string of the molecule is CC(C)CNC(=O)CNC(=O)C(=O)NCC#N. The highest BCUT2D eigenvalue weighted by atomic mass is 16.2. The summed E-state index contributed by atoms with van der Waals surface area (Å²) in [5.74, 6) is -1.91. The van der Waals surface area contributed by atoms with Gasteiger partial charge in [-0.25, -0.2) is 0 Å². The quantitative estimate of drug-likeness (QED) is 0.401. The fourth-order valence-electron chi connectivity index (χ4n) is 0.821.